The summed E-state index contributed by atoms with van der Waals surface area (Å²) in [6.07, 6.45) is 8.81. The van der Waals surface area contributed by atoms with Gasteiger partial charge in [-0.1, -0.05) is 0 Å². The molecule has 1 aromatic carbocycles. The Labute approximate surface area is 222 Å². The van der Waals surface area contributed by atoms with Crippen molar-refractivity contribution in [1.29, 1.82) is 0 Å². The van der Waals surface area contributed by atoms with Crippen LogP contribution in [0.3, 0.4) is 0 Å². The lowest BCUT2D eigenvalue weighted by atomic mass is 9.59. The van der Waals surface area contributed by atoms with Crippen LogP contribution in [-0.2, 0) is 4.74 Å². The number of imidazole rings is 1. The Bertz CT molecular complexity index is 1250. The quantitative estimate of drug-likeness (QED) is 0.352. The number of piperidine rings is 2. The van der Waals surface area contributed by atoms with Gasteiger partial charge in [0.2, 0.25) is 0 Å². The molecule has 202 valence electrons. The van der Waals surface area contributed by atoms with Crippen molar-refractivity contribution in [2.75, 3.05) is 25.9 Å². The molecule has 4 heterocycles. The Morgan fingerprint density at radius 3 is 2.74 bits per heavy atom. The van der Waals surface area contributed by atoms with Crippen molar-refractivity contribution in [3.05, 3.63) is 43.1 Å². The second kappa shape index (κ2) is 10.2. The van der Waals surface area contributed by atoms with Gasteiger partial charge >= 0.3 is 7.05 Å². The van der Waals surface area contributed by atoms with Crippen LogP contribution in [0.1, 0.15) is 39.5 Å². The molecule has 3 aromatic rings. The van der Waals surface area contributed by atoms with Crippen molar-refractivity contribution in [3.63, 3.8) is 0 Å². The third-order valence-corrected chi connectivity index (χ3v) is 8.23. The van der Waals surface area contributed by atoms with Crippen LogP contribution in [0.2, 0.25) is 6.82 Å². The van der Waals surface area contributed by atoms with E-state index in [9.17, 15) is 5.02 Å². The second-order valence-corrected chi connectivity index (χ2v) is 10.8. The first-order chi connectivity index (χ1) is 18.2. The lowest BCUT2D eigenvalue weighted by Gasteiger charge is -2.64. The van der Waals surface area contributed by atoms with E-state index in [-0.39, 0.29) is 12.3 Å². The highest BCUT2D eigenvalue weighted by Gasteiger charge is 2.60. The van der Waals surface area contributed by atoms with E-state index in [2.05, 4.69) is 27.1 Å². The van der Waals surface area contributed by atoms with Crippen LogP contribution in [-0.4, -0.2) is 85.9 Å². The molecule has 0 aliphatic carbocycles. The summed E-state index contributed by atoms with van der Waals surface area (Å²) in [5, 5.41) is 19.4. The predicted molar refractivity (Wildman–Crippen MR) is 143 cm³/mol. The second-order valence-electron chi connectivity index (χ2n) is 10.8. The molecule has 0 amide bonds. The van der Waals surface area contributed by atoms with E-state index < -0.39 is 24.8 Å². The maximum Gasteiger partial charge on any atom is 0.377 e. The number of ether oxygens (including phenoxy) is 2. The summed E-state index contributed by atoms with van der Waals surface area (Å²) < 4.78 is 29.0. The fourth-order valence-electron chi connectivity index (χ4n) is 6.57. The normalized spacial score (nSPS) is 27.2. The minimum atomic E-state index is -1.18. The maximum atomic E-state index is 16.2. The molecule has 38 heavy (non-hydrogen) atoms. The fraction of sp³-hybridized carbons (Fsp3) is 0.538. The topological polar surface area (TPSA) is 102 Å². The van der Waals surface area contributed by atoms with Crippen LogP contribution < -0.4 is 9.64 Å². The molecule has 0 radical (unpaired) electrons. The molecule has 2 aliphatic rings. The van der Waals surface area contributed by atoms with Crippen molar-refractivity contribution in [2.24, 2.45) is 0 Å². The Kier molecular flexibility index (Phi) is 7.14. The highest BCUT2D eigenvalue weighted by Crippen LogP contribution is 2.50. The Morgan fingerprint density at radius 2 is 2.08 bits per heavy atom. The van der Waals surface area contributed by atoms with Crippen LogP contribution in [0.15, 0.2) is 43.1 Å². The molecule has 2 aliphatic heterocycles. The minimum absolute atomic E-state index is 0.0647. The molecular formula is C26H35BFN7O3. The minimum Gasteiger partial charge on any atom is -0.467 e. The molecule has 12 heteroatoms. The maximum absolute atomic E-state index is 16.2. The zero-order chi connectivity index (χ0) is 27.1. The van der Waals surface area contributed by atoms with E-state index in [1.54, 1.807) is 32.7 Å². The molecule has 2 bridgehead atoms. The van der Waals surface area contributed by atoms with Crippen LogP contribution in [0, 0.1) is 0 Å². The van der Waals surface area contributed by atoms with Crippen LogP contribution in [0.5, 0.6) is 5.75 Å². The van der Waals surface area contributed by atoms with Gasteiger partial charge in [0, 0.05) is 43.7 Å². The Balaban J connectivity index is 1.41. The highest BCUT2D eigenvalue weighted by atomic mass is 19.1. The van der Waals surface area contributed by atoms with Crippen molar-refractivity contribution in [2.45, 2.75) is 69.6 Å². The highest BCUT2D eigenvalue weighted by molar-refractivity contribution is 6.45. The number of halogens is 1. The molecule has 10 nitrogen and oxygen atoms in total. The fourth-order valence-corrected chi connectivity index (χ4v) is 6.57. The molecule has 1 N–H and O–H groups in total. The van der Waals surface area contributed by atoms with Gasteiger partial charge in [0.1, 0.15) is 11.9 Å². The number of rotatable bonds is 8. The van der Waals surface area contributed by atoms with Gasteiger partial charge in [-0.15, -0.1) is 10.2 Å². The Morgan fingerprint density at radius 1 is 1.26 bits per heavy atom. The Hall–Kier alpha value is -3.09. The number of aromatic nitrogens is 5. The van der Waals surface area contributed by atoms with Gasteiger partial charge in [-0.2, -0.15) is 0 Å². The number of benzene rings is 1. The molecule has 5 rings (SSSR count). The predicted octanol–water partition coefficient (Wildman–Crippen LogP) is 3.37. The molecule has 2 aromatic heterocycles. The number of hydrogen-bond donors (Lipinski definition) is 1. The van der Waals surface area contributed by atoms with Gasteiger partial charge in [0.05, 0.1) is 29.8 Å². The smallest absolute Gasteiger partial charge is 0.377 e. The van der Waals surface area contributed by atoms with Gasteiger partial charge in [-0.25, -0.2) is 14.4 Å². The first-order valence-electron chi connectivity index (χ1n) is 13.0. The summed E-state index contributed by atoms with van der Waals surface area (Å²) in [7, 11) is 2.68. The summed E-state index contributed by atoms with van der Waals surface area (Å²) in [6.45, 7) is 5.87. The number of methoxy groups -OCH3 is 1. The third kappa shape index (κ3) is 4.54. The molecular weight excluding hydrogens is 488 g/mol. The number of nitrogens with zero attached hydrogens (tertiary/aromatic N) is 7. The lowest BCUT2D eigenvalue weighted by Crippen LogP contribution is -2.76. The van der Waals surface area contributed by atoms with Crippen molar-refractivity contribution in [1.82, 2.24) is 29.5 Å². The summed E-state index contributed by atoms with van der Waals surface area (Å²) >= 11 is 0. The molecule has 0 unspecified atom stereocenters. The van der Waals surface area contributed by atoms with E-state index in [0.717, 1.165) is 18.5 Å². The average Bonchev–Trinajstić information content (AvgIpc) is 3.44. The van der Waals surface area contributed by atoms with E-state index in [0.29, 0.717) is 35.8 Å². The third-order valence-electron chi connectivity index (χ3n) is 8.23. The van der Waals surface area contributed by atoms with Gasteiger partial charge in [0.25, 0.3) is 0 Å². The van der Waals surface area contributed by atoms with E-state index in [1.165, 1.54) is 0 Å². The summed E-state index contributed by atoms with van der Waals surface area (Å²) in [5.74, 6) is 1.43. The largest absolute Gasteiger partial charge is 0.467 e. The van der Waals surface area contributed by atoms with Crippen molar-refractivity contribution >= 4 is 12.9 Å². The number of anilines is 1. The first kappa shape index (κ1) is 26.5. The zero-order valence-corrected chi connectivity index (χ0v) is 22.6. The molecule has 2 fully saturated rings. The number of hydrogen-bond acceptors (Lipinski definition) is 9. The van der Waals surface area contributed by atoms with E-state index in [1.807, 2.05) is 52.6 Å². The van der Waals surface area contributed by atoms with E-state index >= 15 is 4.39 Å². The van der Waals surface area contributed by atoms with Crippen molar-refractivity contribution in [3.8, 4) is 22.8 Å². The lowest BCUT2D eigenvalue weighted by molar-refractivity contribution is -0.0896. The van der Waals surface area contributed by atoms with Crippen LogP contribution in [0.25, 0.3) is 17.1 Å². The summed E-state index contributed by atoms with van der Waals surface area (Å²) in [4.78, 5) is 12.5. The monoisotopic (exact) mass is 523 g/mol. The number of fused-ring (bicyclic) bond motifs is 2. The zero-order valence-electron chi connectivity index (χ0n) is 22.6. The molecule has 0 spiro atoms. The van der Waals surface area contributed by atoms with E-state index in [4.69, 9.17) is 9.47 Å². The van der Waals surface area contributed by atoms with Gasteiger partial charge in [-0.05, 0) is 58.5 Å². The summed E-state index contributed by atoms with van der Waals surface area (Å²) in [5.41, 5.74) is 0.458. The van der Waals surface area contributed by atoms with Gasteiger partial charge < -0.3 is 28.8 Å². The standard InChI is InChI=1S/C26H35BFN7O3/c1-25-9-6-10-26(2,35(25)27(3)36)23(28)20(14-25)33(4)22-15-30-24(32-31-22)19-8-7-18(34-12-11-29-16-34)13-21(19)38-17-37-5/h7-8,11-13,15-16,20,23,36H,6,9-10,14,17H2,1-5H3/t20-,23-,25-,26+/m0/s1. The summed E-state index contributed by atoms with van der Waals surface area (Å²) in [6, 6.07) is 5.23. The van der Waals surface area contributed by atoms with Gasteiger partial charge in [0.15, 0.2) is 18.4 Å². The average molecular weight is 523 g/mol. The molecule has 0 saturated carbocycles. The van der Waals surface area contributed by atoms with Gasteiger partial charge in [-0.3, -0.25) is 0 Å². The first-order valence-corrected chi connectivity index (χ1v) is 13.0. The number of alkyl halides is 1. The van der Waals surface area contributed by atoms with Crippen LogP contribution in [0.4, 0.5) is 10.2 Å². The van der Waals surface area contributed by atoms with Crippen molar-refractivity contribution < 1.29 is 18.9 Å². The molecule has 4 atom stereocenters. The SMILES string of the molecule is COCOc1cc(-n2ccnc2)ccc1-c1ncc(N(C)[C@H]2C[C@]3(C)CCC[C@](C)([C@H]2F)N3B(C)O)nn1. The molecule has 2 saturated heterocycles. The van der Waals surface area contributed by atoms with Crippen LogP contribution >= 0.6 is 0 Å².